The first-order chi connectivity index (χ1) is 16.2. The van der Waals surface area contributed by atoms with Gasteiger partial charge in [-0.05, 0) is 66.1 Å². The number of nitrogens with zero attached hydrogens (tertiary/aromatic N) is 2. The van der Waals surface area contributed by atoms with Crippen LogP contribution in [0, 0.1) is 0 Å². The largest absolute Gasteiger partial charge is 0.491 e. The summed E-state index contributed by atoms with van der Waals surface area (Å²) in [6.45, 7) is 1.93. The molecule has 0 saturated carbocycles. The van der Waals surface area contributed by atoms with E-state index in [9.17, 15) is 4.79 Å². The van der Waals surface area contributed by atoms with Crippen LogP contribution in [-0.4, -0.2) is 30.3 Å². The van der Waals surface area contributed by atoms with Crippen molar-refractivity contribution in [2.24, 2.45) is 0 Å². The van der Waals surface area contributed by atoms with E-state index in [0.29, 0.717) is 18.7 Å². The Labute approximate surface area is 197 Å². The zero-order valence-electron chi connectivity index (χ0n) is 18.5. The van der Waals surface area contributed by atoms with E-state index >= 15 is 0 Å². The number of ether oxygens (including phenoxy) is 1. The number of nitrogens with one attached hydrogen (secondary N) is 1. The normalized spacial score (nSPS) is 13.2. The zero-order valence-corrected chi connectivity index (χ0v) is 19.3. The number of hydrogen-bond acceptors (Lipinski definition) is 5. The highest BCUT2D eigenvalue weighted by atomic mass is 32.2. The van der Waals surface area contributed by atoms with Gasteiger partial charge in [-0.2, -0.15) is 0 Å². The number of thioether (sulfide) groups is 1. The fraction of sp³-hybridized carbons (Fsp3) is 0.185. The quantitative estimate of drug-likeness (QED) is 0.385. The molecule has 5 nitrogen and oxygen atoms in total. The van der Waals surface area contributed by atoms with Crippen LogP contribution in [0.15, 0.2) is 84.0 Å². The Kier molecular flexibility index (Phi) is 6.17. The smallest absolute Gasteiger partial charge is 0.251 e. The van der Waals surface area contributed by atoms with Crippen LogP contribution in [0.2, 0.25) is 0 Å². The molecule has 1 aromatic heterocycles. The molecule has 0 spiro atoms. The lowest BCUT2D eigenvalue weighted by Crippen LogP contribution is -2.23. The lowest BCUT2D eigenvalue weighted by atomic mass is 10.1. The molecule has 0 bridgehead atoms. The van der Waals surface area contributed by atoms with E-state index in [4.69, 9.17) is 4.74 Å². The Morgan fingerprint density at radius 1 is 1.09 bits per heavy atom. The molecular weight excluding hydrogens is 430 g/mol. The molecule has 6 heteroatoms. The molecule has 33 heavy (non-hydrogen) atoms. The number of rotatable bonds is 5. The van der Waals surface area contributed by atoms with Gasteiger partial charge in [0.15, 0.2) is 0 Å². The fourth-order valence-corrected chi connectivity index (χ4v) is 4.54. The molecular formula is C27H25N3O2S. The Hall–Kier alpha value is -3.51. The van der Waals surface area contributed by atoms with Gasteiger partial charge in [-0.1, -0.05) is 24.3 Å². The van der Waals surface area contributed by atoms with Crippen molar-refractivity contribution in [1.82, 2.24) is 10.3 Å². The Morgan fingerprint density at radius 3 is 2.82 bits per heavy atom. The average Bonchev–Trinajstić information content (AvgIpc) is 3.09. The number of aromatic nitrogens is 1. The molecule has 0 radical (unpaired) electrons. The van der Waals surface area contributed by atoms with Crippen LogP contribution in [0.3, 0.4) is 0 Å². The summed E-state index contributed by atoms with van der Waals surface area (Å²) in [7, 11) is 0. The van der Waals surface area contributed by atoms with Crippen molar-refractivity contribution in [3.8, 4) is 5.75 Å². The average molecular weight is 456 g/mol. The number of hydrogen-bond donors (Lipinski definition) is 1. The fourth-order valence-electron chi connectivity index (χ4n) is 4.13. The summed E-state index contributed by atoms with van der Waals surface area (Å²) in [4.78, 5) is 20.6. The van der Waals surface area contributed by atoms with Crippen LogP contribution in [0.4, 0.5) is 11.4 Å². The van der Waals surface area contributed by atoms with Gasteiger partial charge in [0.05, 0.1) is 18.0 Å². The molecule has 3 aromatic carbocycles. The van der Waals surface area contributed by atoms with Crippen LogP contribution < -0.4 is 15.0 Å². The van der Waals surface area contributed by atoms with E-state index in [-0.39, 0.29) is 5.91 Å². The number of carbonyl (C=O) groups excluding carboxylic acids is 1. The van der Waals surface area contributed by atoms with Crippen molar-refractivity contribution in [3.05, 3.63) is 90.3 Å². The molecule has 0 aliphatic carbocycles. The molecule has 4 aromatic rings. The highest BCUT2D eigenvalue weighted by Gasteiger charge is 2.21. The van der Waals surface area contributed by atoms with Gasteiger partial charge in [-0.15, -0.1) is 11.8 Å². The van der Waals surface area contributed by atoms with Crippen LogP contribution >= 0.6 is 11.8 Å². The summed E-state index contributed by atoms with van der Waals surface area (Å²) in [6, 6.07) is 22.2. The zero-order chi connectivity index (χ0) is 22.6. The van der Waals surface area contributed by atoms with Crippen molar-refractivity contribution in [2.75, 3.05) is 24.3 Å². The summed E-state index contributed by atoms with van der Waals surface area (Å²) in [5.74, 6) is 0.617. The maximum absolute atomic E-state index is 12.8. The Bertz CT molecular complexity index is 1290. The van der Waals surface area contributed by atoms with Crippen molar-refractivity contribution in [1.29, 1.82) is 0 Å². The van der Waals surface area contributed by atoms with Crippen LogP contribution in [-0.2, 0) is 6.54 Å². The molecule has 0 fully saturated rings. The summed E-state index contributed by atoms with van der Waals surface area (Å²) in [6.07, 6.45) is 6.66. The Morgan fingerprint density at radius 2 is 1.97 bits per heavy atom. The van der Waals surface area contributed by atoms with Crippen molar-refractivity contribution in [2.45, 2.75) is 17.9 Å². The van der Waals surface area contributed by atoms with E-state index < -0.39 is 0 Å². The first-order valence-electron chi connectivity index (χ1n) is 11.0. The minimum Gasteiger partial charge on any atom is -0.491 e. The van der Waals surface area contributed by atoms with Gasteiger partial charge >= 0.3 is 0 Å². The minimum atomic E-state index is -0.111. The highest BCUT2D eigenvalue weighted by Crippen LogP contribution is 2.39. The molecule has 166 valence electrons. The maximum atomic E-state index is 12.8. The first-order valence-corrected chi connectivity index (χ1v) is 12.2. The number of carbonyl (C=O) groups is 1. The standard InChI is InChI=1S/C27H25N3O2S/c1-33-22-9-6-19(7-10-22)17-29-27(31)21-8-11-25-26(16-21)32-15-3-14-30(25)24-5-2-4-20-12-13-28-18-23(20)24/h2,4-13,16,18H,3,14-15,17H2,1H3,(H,29,31). The maximum Gasteiger partial charge on any atom is 0.251 e. The van der Waals surface area contributed by atoms with E-state index in [1.165, 1.54) is 4.90 Å². The summed E-state index contributed by atoms with van der Waals surface area (Å²) < 4.78 is 6.05. The summed E-state index contributed by atoms with van der Waals surface area (Å²) in [5.41, 5.74) is 3.73. The number of anilines is 2. The molecule has 0 unspecified atom stereocenters. The number of amides is 1. The molecule has 0 atom stereocenters. The highest BCUT2D eigenvalue weighted by molar-refractivity contribution is 7.98. The third-order valence-electron chi connectivity index (χ3n) is 5.86. The molecule has 0 saturated heterocycles. The molecule has 5 rings (SSSR count). The monoisotopic (exact) mass is 455 g/mol. The van der Waals surface area contributed by atoms with Gasteiger partial charge < -0.3 is 15.0 Å². The predicted octanol–water partition coefficient (Wildman–Crippen LogP) is 5.81. The van der Waals surface area contributed by atoms with E-state index in [1.54, 1.807) is 11.8 Å². The SMILES string of the molecule is CSc1ccc(CNC(=O)c2ccc3c(c2)OCCCN3c2cccc3ccncc23)cc1. The van der Waals surface area contributed by atoms with Crippen molar-refractivity contribution >= 4 is 39.8 Å². The lowest BCUT2D eigenvalue weighted by Gasteiger charge is -2.25. The molecule has 1 aliphatic heterocycles. The second kappa shape index (κ2) is 9.55. The number of benzene rings is 3. The molecule has 1 N–H and O–H groups in total. The molecule has 2 heterocycles. The summed E-state index contributed by atoms with van der Waals surface area (Å²) in [5, 5.41) is 5.27. The van der Waals surface area contributed by atoms with Gasteiger partial charge in [0.25, 0.3) is 5.91 Å². The lowest BCUT2D eigenvalue weighted by molar-refractivity contribution is 0.0950. The minimum absolute atomic E-state index is 0.111. The Balaban J connectivity index is 1.40. The second-order valence-electron chi connectivity index (χ2n) is 7.94. The van der Waals surface area contributed by atoms with Gasteiger partial charge in [0, 0.05) is 41.3 Å². The molecule has 1 aliphatic rings. The van der Waals surface area contributed by atoms with Crippen molar-refractivity contribution in [3.63, 3.8) is 0 Å². The van der Waals surface area contributed by atoms with Crippen molar-refractivity contribution < 1.29 is 9.53 Å². The number of fused-ring (bicyclic) bond motifs is 2. The van der Waals surface area contributed by atoms with Gasteiger partial charge in [0.2, 0.25) is 0 Å². The molecule has 1 amide bonds. The second-order valence-corrected chi connectivity index (χ2v) is 8.82. The van der Waals surface area contributed by atoms with Crippen LogP contribution in [0.5, 0.6) is 5.75 Å². The van der Waals surface area contributed by atoms with Gasteiger partial charge in [-0.3, -0.25) is 9.78 Å². The summed E-state index contributed by atoms with van der Waals surface area (Å²) >= 11 is 1.70. The number of pyridine rings is 1. The van der Waals surface area contributed by atoms with Gasteiger partial charge in [0.1, 0.15) is 5.75 Å². The first kappa shape index (κ1) is 21.3. The van der Waals surface area contributed by atoms with E-state index in [1.807, 2.05) is 48.8 Å². The van der Waals surface area contributed by atoms with Crippen LogP contribution in [0.25, 0.3) is 10.8 Å². The topological polar surface area (TPSA) is 54.5 Å². The van der Waals surface area contributed by atoms with E-state index in [2.05, 4.69) is 51.8 Å². The van der Waals surface area contributed by atoms with Crippen LogP contribution in [0.1, 0.15) is 22.3 Å². The third-order valence-corrected chi connectivity index (χ3v) is 6.60. The van der Waals surface area contributed by atoms with Gasteiger partial charge in [-0.25, -0.2) is 0 Å². The van der Waals surface area contributed by atoms with E-state index in [0.717, 1.165) is 46.4 Å². The third kappa shape index (κ3) is 4.52. The predicted molar refractivity (Wildman–Crippen MR) is 135 cm³/mol.